The van der Waals surface area contributed by atoms with Crippen molar-refractivity contribution < 1.29 is 33.8 Å². The molecule has 0 saturated carbocycles. The van der Waals surface area contributed by atoms with E-state index in [1.165, 1.54) is 7.11 Å². The molecule has 0 spiro atoms. The van der Waals surface area contributed by atoms with E-state index in [-0.39, 0.29) is 31.1 Å². The number of nitrogens with one attached hydrogen (secondary N) is 3. The van der Waals surface area contributed by atoms with Crippen LogP contribution < -0.4 is 27.4 Å². The predicted octanol–water partition coefficient (Wildman–Crippen LogP) is -0.338. The van der Waals surface area contributed by atoms with Crippen LogP contribution in [0.3, 0.4) is 0 Å². The first-order chi connectivity index (χ1) is 20.1. The monoisotopic (exact) mass is 590 g/mol. The number of nitrogens with two attached hydrogens (primary N) is 2. The van der Waals surface area contributed by atoms with Crippen LogP contribution in [0.1, 0.15) is 56.9 Å². The summed E-state index contributed by atoms with van der Waals surface area (Å²) in [6.07, 6.45) is 2.30. The molecule has 1 aliphatic heterocycles. The molecule has 0 aromatic heterocycles. The Balaban J connectivity index is 2.22. The van der Waals surface area contributed by atoms with Crippen LogP contribution in [-0.2, 0) is 35.1 Å². The van der Waals surface area contributed by atoms with Gasteiger partial charge in [-0.25, -0.2) is 4.79 Å². The van der Waals surface area contributed by atoms with Crippen LogP contribution in [0, 0.1) is 0 Å². The highest BCUT2D eigenvalue weighted by Crippen LogP contribution is 2.25. The van der Waals surface area contributed by atoms with Gasteiger partial charge in [0.1, 0.15) is 12.1 Å². The number of carboxylic acid groups (broad SMARTS) is 1. The number of unbranched alkanes of at least 4 members (excludes halogenated alkanes) is 1. The van der Waals surface area contributed by atoms with E-state index in [0.29, 0.717) is 51.6 Å². The number of carbonyl (C=O) groups excluding carboxylic acids is 4. The normalized spacial score (nSPS) is 18.9. The molecule has 42 heavy (non-hydrogen) atoms. The summed E-state index contributed by atoms with van der Waals surface area (Å²) in [6.45, 7) is 0.796. The van der Waals surface area contributed by atoms with Crippen LogP contribution in [-0.4, -0.2) is 97.1 Å². The molecule has 1 aliphatic rings. The lowest BCUT2D eigenvalue weighted by Crippen LogP contribution is -2.60. The summed E-state index contributed by atoms with van der Waals surface area (Å²) >= 11 is 0. The maximum absolute atomic E-state index is 14.0. The molecule has 0 unspecified atom stereocenters. The van der Waals surface area contributed by atoms with Crippen molar-refractivity contribution in [2.75, 3.05) is 27.2 Å². The fraction of sp³-hybridized carbons (Fsp3) is 0.621. The Morgan fingerprint density at radius 1 is 1.05 bits per heavy atom. The zero-order valence-electron chi connectivity index (χ0n) is 24.6. The van der Waals surface area contributed by atoms with Crippen molar-refractivity contribution in [3.63, 3.8) is 0 Å². The molecule has 2 rings (SSSR count). The molecule has 4 amide bonds. The third kappa shape index (κ3) is 11.0. The number of hydrogen-bond acceptors (Lipinski definition) is 8. The first kappa shape index (κ1) is 34.7. The summed E-state index contributed by atoms with van der Waals surface area (Å²) in [5.74, 6) is -3.22. The minimum Gasteiger partial charge on any atom is -0.480 e. The van der Waals surface area contributed by atoms with Gasteiger partial charge in [0.2, 0.25) is 23.6 Å². The number of ether oxygens (including phenoxy) is 1. The number of hydrogen-bond donors (Lipinski definition) is 6. The van der Waals surface area contributed by atoms with Crippen LogP contribution >= 0.6 is 0 Å². The highest BCUT2D eigenvalue weighted by Gasteiger charge is 2.39. The summed E-state index contributed by atoms with van der Waals surface area (Å²) in [6, 6.07) is 6.15. The number of likely N-dealkylation sites (tertiary alicyclic amines) is 1. The van der Waals surface area contributed by atoms with E-state index in [4.69, 9.17) is 16.2 Å². The number of piperidine rings is 1. The van der Waals surface area contributed by atoms with Crippen LogP contribution in [0.2, 0.25) is 0 Å². The highest BCUT2D eigenvalue weighted by atomic mass is 16.5. The minimum absolute atomic E-state index is 0.151. The van der Waals surface area contributed by atoms with Gasteiger partial charge in [-0.1, -0.05) is 30.3 Å². The molecular formula is C29H46N6O7. The van der Waals surface area contributed by atoms with E-state index in [1.807, 2.05) is 30.3 Å². The van der Waals surface area contributed by atoms with Gasteiger partial charge >= 0.3 is 5.97 Å². The van der Waals surface area contributed by atoms with Crippen LogP contribution in [0.15, 0.2) is 30.3 Å². The van der Waals surface area contributed by atoms with Gasteiger partial charge in [0, 0.05) is 26.5 Å². The standard InChI is InChI=1S/C29H46N6O7/c1-32-22(17-19-9-4-3-5-10-19)27(38)34-20(11-6-7-15-30)28(39)35-16-8-12-24(42-2)23(35)18-26(37)33-21(29(40)41)13-14-25(31)36/h3-5,9-10,20-24,32H,6-8,11-18,30H2,1-2H3,(H2,31,36)(H,33,37)(H,34,38)(H,40,41)/t20-,21-,22-,23-,24-/m0/s1. The number of carboxylic acids is 1. The van der Waals surface area contributed by atoms with E-state index >= 15 is 0 Å². The predicted molar refractivity (Wildman–Crippen MR) is 156 cm³/mol. The molecule has 13 nitrogen and oxygen atoms in total. The van der Waals surface area contributed by atoms with Crippen molar-refractivity contribution in [2.45, 2.75) is 88.1 Å². The summed E-state index contributed by atoms with van der Waals surface area (Å²) in [5, 5.41) is 17.9. The molecule has 1 fully saturated rings. The first-order valence-corrected chi connectivity index (χ1v) is 14.5. The third-order valence-corrected chi connectivity index (χ3v) is 7.52. The van der Waals surface area contributed by atoms with Gasteiger partial charge in [0.25, 0.3) is 0 Å². The van der Waals surface area contributed by atoms with Crippen LogP contribution in [0.25, 0.3) is 0 Å². The number of likely N-dealkylation sites (N-methyl/N-ethyl adjacent to an activating group) is 1. The van der Waals surface area contributed by atoms with Gasteiger partial charge in [-0.2, -0.15) is 0 Å². The summed E-state index contributed by atoms with van der Waals surface area (Å²) in [5.41, 5.74) is 11.8. The number of primary amides is 1. The van der Waals surface area contributed by atoms with Crippen LogP contribution in [0.4, 0.5) is 0 Å². The number of rotatable bonds is 18. The van der Waals surface area contributed by atoms with Gasteiger partial charge in [-0.15, -0.1) is 0 Å². The highest BCUT2D eigenvalue weighted by molar-refractivity contribution is 5.91. The van der Waals surface area contributed by atoms with Crippen molar-refractivity contribution in [3.05, 3.63) is 35.9 Å². The molecule has 0 radical (unpaired) electrons. The number of benzene rings is 1. The Morgan fingerprint density at radius 2 is 1.76 bits per heavy atom. The second-order valence-corrected chi connectivity index (χ2v) is 10.6. The van der Waals surface area contributed by atoms with Crippen LogP contribution in [0.5, 0.6) is 0 Å². The van der Waals surface area contributed by atoms with Gasteiger partial charge in [-0.3, -0.25) is 19.2 Å². The number of aliphatic carboxylic acids is 1. The Kier molecular flexibility index (Phi) is 14.9. The van der Waals surface area contributed by atoms with Crippen molar-refractivity contribution >= 4 is 29.6 Å². The molecule has 1 aromatic rings. The van der Waals surface area contributed by atoms with Crippen molar-refractivity contribution in [2.24, 2.45) is 11.5 Å². The molecule has 1 saturated heterocycles. The van der Waals surface area contributed by atoms with Gasteiger partial charge < -0.3 is 42.2 Å². The van der Waals surface area contributed by atoms with Gasteiger partial charge in [-0.05, 0) is 64.1 Å². The summed E-state index contributed by atoms with van der Waals surface area (Å²) in [7, 11) is 3.19. The zero-order chi connectivity index (χ0) is 31.1. The van der Waals surface area contributed by atoms with E-state index < -0.39 is 48.1 Å². The lowest BCUT2D eigenvalue weighted by atomic mass is 9.93. The van der Waals surface area contributed by atoms with E-state index in [9.17, 15) is 29.1 Å². The molecule has 13 heteroatoms. The summed E-state index contributed by atoms with van der Waals surface area (Å²) in [4.78, 5) is 64.6. The average molecular weight is 591 g/mol. The molecule has 0 bridgehead atoms. The number of nitrogens with zero attached hydrogens (tertiary/aromatic N) is 1. The maximum atomic E-state index is 14.0. The van der Waals surface area contributed by atoms with E-state index in [1.54, 1.807) is 11.9 Å². The molecule has 234 valence electrons. The second-order valence-electron chi connectivity index (χ2n) is 10.6. The topological polar surface area (TPSA) is 206 Å². The van der Waals surface area contributed by atoms with Gasteiger partial charge in [0.05, 0.1) is 18.2 Å². The lowest BCUT2D eigenvalue weighted by Gasteiger charge is -2.42. The molecule has 8 N–H and O–H groups in total. The third-order valence-electron chi connectivity index (χ3n) is 7.52. The first-order valence-electron chi connectivity index (χ1n) is 14.5. The quantitative estimate of drug-likeness (QED) is 0.124. The molecule has 5 atom stereocenters. The lowest BCUT2D eigenvalue weighted by molar-refractivity contribution is -0.147. The van der Waals surface area contributed by atoms with Gasteiger partial charge in [0.15, 0.2) is 0 Å². The second kappa shape index (κ2) is 18.1. The Bertz CT molecular complexity index is 1040. The smallest absolute Gasteiger partial charge is 0.326 e. The molecule has 0 aliphatic carbocycles. The Morgan fingerprint density at radius 3 is 2.36 bits per heavy atom. The Labute approximate surface area is 247 Å². The average Bonchev–Trinajstić information content (AvgIpc) is 2.97. The fourth-order valence-corrected chi connectivity index (χ4v) is 5.20. The maximum Gasteiger partial charge on any atom is 0.326 e. The summed E-state index contributed by atoms with van der Waals surface area (Å²) < 4.78 is 5.63. The molecule has 1 heterocycles. The van der Waals surface area contributed by atoms with Crippen molar-refractivity contribution in [1.82, 2.24) is 20.9 Å². The SMILES string of the molecule is CN[C@@H](Cc1ccccc1)C(=O)N[C@@H](CCCCN)C(=O)N1CCC[C@H](OC)[C@@H]1CC(=O)N[C@@H](CCC(N)=O)C(=O)O. The van der Waals surface area contributed by atoms with E-state index in [0.717, 1.165) is 5.56 Å². The minimum atomic E-state index is -1.30. The Hall–Kier alpha value is -3.55. The van der Waals surface area contributed by atoms with Crippen molar-refractivity contribution in [1.29, 1.82) is 0 Å². The number of methoxy groups -OCH3 is 1. The van der Waals surface area contributed by atoms with Crippen molar-refractivity contribution in [3.8, 4) is 0 Å². The zero-order valence-corrected chi connectivity index (χ0v) is 24.6. The number of amides is 4. The number of carbonyl (C=O) groups is 5. The fourth-order valence-electron chi connectivity index (χ4n) is 5.20. The molecular weight excluding hydrogens is 544 g/mol. The largest absolute Gasteiger partial charge is 0.480 e. The van der Waals surface area contributed by atoms with E-state index in [2.05, 4.69) is 16.0 Å². The molecule has 1 aromatic carbocycles.